The zero-order valence-corrected chi connectivity index (χ0v) is 18.9. The van der Waals surface area contributed by atoms with Crippen molar-refractivity contribution in [1.29, 1.82) is 0 Å². The normalized spacial score (nSPS) is 12.2. The molecule has 0 radical (unpaired) electrons. The van der Waals surface area contributed by atoms with Crippen molar-refractivity contribution in [2.45, 2.75) is 39.3 Å². The molecule has 2 N–H and O–H groups in total. The predicted octanol–water partition coefficient (Wildman–Crippen LogP) is 3.92. The highest BCUT2D eigenvalue weighted by molar-refractivity contribution is 14.0. The number of carbonyl (C=O) groups excluding carboxylic acids is 1. The Morgan fingerprint density at radius 2 is 2.00 bits per heavy atom. The number of carbonyl (C=O) groups is 1. The van der Waals surface area contributed by atoms with Crippen molar-refractivity contribution in [3.63, 3.8) is 0 Å². The minimum Gasteiger partial charge on any atom is -0.356 e. The molecule has 0 heterocycles. The fourth-order valence-corrected chi connectivity index (χ4v) is 2.43. The summed E-state index contributed by atoms with van der Waals surface area (Å²) in [5.74, 6) is 0.761. The van der Waals surface area contributed by atoms with Gasteiger partial charge in [0.15, 0.2) is 5.96 Å². The Bertz CT molecular complexity index is 584. The first-order valence-electron chi connectivity index (χ1n) is 8.02. The van der Waals surface area contributed by atoms with Crippen molar-refractivity contribution in [3.8, 4) is 0 Å². The van der Waals surface area contributed by atoms with E-state index < -0.39 is 0 Å². The summed E-state index contributed by atoms with van der Waals surface area (Å²) in [6, 6.07) is 5.75. The van der Waals surface area contributed by atoms with Gasteiger partial charge in [-0.15, -0.1) is 24.0 Å². The van der Waals surface area contributed by atoms with Crippen molar-refractivity contribution in [2.24, 2.45) is 4.99 Å². The maximum atomic E-state index is 11.8. The van der Waals surface area contributed by atoms with Crippen molar-refractivity contribution in [1.82, 2.24) is 15.5 Å². The van der Waals surface area contributed by atoms with E-state index in [2.05, 4.69) is 15.6 Å². The van der Waals surface area contributed by atoms with Crippen LogP contribution >= 0.6 is 47.2 Å². The summed E-state index contributed by atoms with van der Waals surface area (Å²) < 4.78 is 0. The van der Waals surface area contributed by atoms with Crippen LogP contribution in [0.4, 0.5) is 0 Å². The third kappa shape index (κ3) is 8.96. The van der Waals surface area contributed by atoms with Crippen molar-refractivity contribution in [2.75, 3.05) is 20.6 Å². The smallest absolute Gasteiger partial charge is 0.221 e. The van der Waals surface area contributed by atoms with Gasteiger partial charge >= 0.3 is 0 Å². The van der Waals surface area contributed by atoms with Gasteiger partial charge in [0.05, 0.1) is 10.0 Å². The maximum absolute atomic E-state index is 11.8. The van der Waals surface area contributed by atoms with Crippen LogP contribution < -0.4 is 10.6 Å². The number of hydrogen-bond acceptors (Lipinski definition) is 2. The van der Waals surface area contributed by atoms with Gasteiger partial charge in [0.25, 0.3) is 0 Å². The lowest BCUT2D eigenvalue weighted by Gasteiger charge is -2.22. The number of nitrogens with zero attached hydrogens (tertiary/aromatic N) is 2. The summed E-state index contributed by atoms with van der Waals surface area (Å²) in [6.07, 6.45) is 1.33. The predicted molar refractivity (Wildman–Crippen MR) is 117 cm³/mol. The molecule has 0 bridgehead atoms. The van der Waals surface area contributed by atoms with E-state index in [1.54, 1.807) is 13.1 Å². The van der Waals surface area contributed by atoms with E-state index in [1.807, 2.05) is 37.9 Å². The lowest BCUT2D eigenvalue weighted by molar-refractivity contribution is -0.121. The Morgan fingerprint density at radius 3 is 2.56 bits per heavy atom. The highest BCUT2D eigenvalue weighted by atomic mass is 127. The van der Waals surface area contributed by atoms with E-state index in [0.717, 1.165) is 17.9 Å². The summed E-state index contributed by atoms with van der Waals surface area (Å²) in [4.78, 5) is 18.0. The van der Waals surface area contributed by atoms with E-state index in [0.29, 0.717) is 29.6 Å². The van der Waals surface area contributed by atoms with Gasteiger partial charge in [-0.05, 0) is 31.0 Å². The molecule has 25 heavy (non-hydrogen) atoms. The SMILES string of the molecule is CCC(C)NC(=O)CCNC(=NC)N(C)Cc1ccc(Cl)c(Cl)c1.I. The number of rotatable bonds is 7. The third-order valence-electron chi connectivity index (χ3n) is 3.63. The molecule has 1 aromatic rings. The second-order valence-corrected chi connectivity index (χ2v) is 6.52. The van der Waals surface area contributed by atoms with Gasteiger partial charge < -0.3 is 15.5 Å². The minimum atomic E-state index is 0. The van der Waals surface area contributed by atoms with E-state index in [1.165, 1.54) is 0 Å². The van der Waals surface area contributed by atoms with Crippen LogP contribution in [0.15, 0.2) is 23.2 Å². The molecule has 0 saturated heterocycles. The standard InChI is InChI=1S/C17H26Cl2N4O.HI/c1-5-12(2)22-16(24)8-9-21-17(20-3)23(4)11-13-6-7-14(18)15(19)10-13;/h6-7,10,12H,5,8-9,11H2,1-4H3,(H,20,21)(H,22,24);1H. The topological polar surface area (TPSA) is 56.7 Å². The summed E-state index contributed by atoms with van der Waals surface area (Å²) in [7, 11) is 3.64. The van der Waals surface area contributed by atoms with E-state index >= 15 is 0 Å². The Balaban J connectivity index is 0.00000576. The van der Waals surface area contributed by atoms with Crippen LogP contribution in [0, 0.1) is 0 Å². The first-order valence-corrected chi connectivity index (χ1v) is 8.78. The van der Waals surface area contributed by atoms with E-state index in [4.69, 9.17) is 23.2 Å². The molecule has 1 rings (SSSR count). The average Bonchev–Trinajstić information content (AvgIpc) is 2.54. The number of amides is 1. The first-order chi connectivity index (χ1) is 11.4. The Hall–Kier alpha value is -0.730. The Morgan fingerprint density at radius 1 is 1.32 bits per heavy atom. The number of nitrogens with one attached hydrogen (secondary N) is 2. The third-order valence-corrected chi connectivity index (χ3v) is 4.37. The van der Waals surface area contributed by atoms with Gasteiger partial charge in [0.2, 0.25) is 5.91 Å². The molecular formula is C17H27Cl2IN4O. The van der Waals surface area contributed by atoms with Crippen LogP contribution in [0.3, 0.4) is 0 Å². The fourth-order valence-electron chi connectivity index (χ4n) is 2.11. The van der Waals surface area contributed by atoms with Gasteiger partial charge in [0.1, 0.15) is 0 Å². The molecule has 0 saturated carbocycles. The van der Waals surface area contributed by atoms with Crippen LogP contribution in [0.2, 0.25) is 10.0 Å². The number of hydrogen-bond donors (Lipinski definition) is 2. The summed E-state index contributed by atoms with van der Waals surface area (Å²) in [5, 5.41) is 7.21. The molecule has 0 aliphatic heterocycles. The fraction of sp³-hybridized carbons (Fsp3) is 0.529. The Labute approximate surface area is 177 Å². The first kappa shape index (κ1) is 24.3. The molecule has 1 amide bonds. The second-order valence-electron chi connectivity index (χ2n) is 5.71. The number of guanidine groups is 1. The molecule has 0 aliphatic rings. The van der Waals surface area contributed by atoms with Gasteiger partial charge in [-0.3, -0.25) is 9.79 Å². The van der Waals surface area contributed by atoms with Crippen LogP contribution in [0.5, 0.6) is 0 Å². The molecule has 1 atom stereocenters. The van der Waals surface area contributed by atoms with Crippen LogP contribution in [-0.2, 0) is 11.3 Å². The van der Waals surface area contributed by atoms with Crippen molar-refractivity contribution < 1.29 is 4.79 Å². The number of aliphatic imine (C=N–C) groups is 1. The largest absolute Gasteiger partial charge is 0.356 e. The molecular weight excluding hydrogens is 474 g/mol. The highest BCUT2D eigenvalue weighted by Crippen LogP contribution is 2.23. The zero-order valence-electron chi connectivity index (χ0n) is 15.1. The zero-order chi connectivity index (χ0) is 18.1. The molecule has 142 valence electrons. The number of halogens is 3. The molecule has 1 unspecified atom stereocenters. The average molecular weight is 501 g/mol. The van der Waals surface area contributed by atoms with Crippen LogP contribution in [0.1, 0.15) is 32.3 Å². The van der Waals surface area contributed by atoms with Gasteiger partial charge in [0, 0.05) is 39.6 Å². The van der Waals surface area contributed by atoms with Crippen LogP contribution in [-0.4, -0.2) is 43.4 Å². The minimum absolute atomic E-state index is 0. The molecule has 1 aromatic carbocycles. The van der Waals surface area contributed by atoms with Crippen molar-refractivity contribution >= 4 is 59.0 Å². The summed E-state index contributed by atoms with van der Waals surface area (Å²) in [5.41, 5.74) is 1.03. The number of benzene rings is 1. The van der Waals surface area contributed by atoms with E-state index in [9.17, 15) is 4.79 Å². The molecule has 0 fully saturated rings. The summed E-state index contributed by atoms with van der Waals surface area (Å²) in [6.45, 7) is 5.20. The highest BCUT2D eigenvalue weighted by Gasteiger charge is 2.09. The second kappa shape index (κ2) is 12.6. The maximum Gasteiger partial charge on any atom is 0.221 e. The van der Waals surface area contributed by atoms with Gasteiger partial charge in [-0.2, -0.15) is 0 Å². The molecule has 0 aliphatic carbocycles. The van der Waals surface area contributed by atoms with E-state index in [-0.39, 0.29) is 35.9 Å². The van der Waals surface area contributed by atoms with Gasteiger partial charge in [-0.25, -0.2) is 0 Å². The molecule has 5 nitrogen and oxygen atoms in total. The quantitative estimate of drug-likeness (QED) is 0.339. The summed E-state index contributed by atoms with van der Waals surface area (Å²) >= 11 is 12.0. The van der Waals surface area contributed by atoms with Gasteiger partial charge in [-0.1, -0.05) is 36.2 Å². The molecule has 8 heteroatoms. The van der Waals surface area contributed by atoms with Crippen molar-refractivity contribution in [3.05, 3.63) is 33.8 Å². The monoisotopic (exact) mass is 500 g/mol. The van der Waals surface area contributed by atoms with Crippen LogP contribution in [0.25, 0.3) is 0 Å². The lowest BCUT2D eigenvalue weighted by Crippen LogP contribution is -2.41. The lowest BCUT2D eigenvalue weighted by atomic mass is 10.2. The Kier molecular flexibility index (Phi) is 12.2. The molecule has 0 spiro atoms. The molecule has 0 aromatic heterocycles.